The number of carbonyl (C=O) groups is 1. The van der Waals surface area contributed by atoms with Crippen LogP contribution in [0.15, 0.2) is 42.6 Å². The molecule has 1 aromatic heterocycles. The Morgan fingerprint density at radius 3 is 2.80 bits per heavy atom. The molecule has 0 unspecified atom stereocenters. The van der Waals surface area contributed by atoms with Gasteiger partial charge in [-0.2, -0.15) is 0 Å². The summed E-state index contributed by atoms with van der Waals surface area (Å²) >= 11 is 6.12. The van der Waals surface area contributed by atoms with E-state index < -0.39 is 5.41 Å². The molecular weight excluding hydrogens is 340 g/mol. The van der Waals surface area contributed by atoms with E-state index in [-0.39, 0.29) is 12.7 Å². The number of aromatic nitrogens is 1. The van der Waals surface area contributed by atoms with Crippen LogP contribution < -0.4 is 14.8 Å². The molecular formula is C19H17ClN2O3. The molecule has 0 fully saturated rings. The molecule has 1 aliphatic heterocycles. The Bertz CT molecular complexity index is 978. The van der Waals surface area contributed by atoms with E-state index >= 15 is 0 Å². The van der Waals surface area contributed by atoms with E-state index in [1.807, 2.05) is 38.2 Å². The predicted octanol–water partition coefficient (Wildman–Crippen LogP) is 4.47. The standard InChI is InChI=1S/C19H17ClN2O3/c1-19(2,14-9-21-15-5-3-11(20)7-13(14)15)18(23)22-12-4-6-16-17(8-12)25-10-24-16/h3-9,21H,10H2,1-2H3,(H,22,23). The van der Waals surface area contributed by atoms with Gasteiger partial charge in [0.2, 0.25) is 12.7 Å². The van der Waals surface area contributed by atoms with Crippen LogP contribution >= 0.6 is 11.6 Å². The van der Waals surface area contributed by atoms with E-state index in [1.54, 1.807) is 18.2 Å². The van der Waals surface area contributed by atoms with Crippen LogP contribution in [0.25, 0.3) is 10.9 Å². The fraction of sp³-hybridized carbons (Fsp3) is 0.211. The van der Waals surface area contributed by atoms with Crippen LogP contribution in [0.1, 0.15) is 19.4 Å². The first-order valence-corrected chi connectivity index (χ1v) is 8.31. The van der Waals surface area contributed by atoms with Crippen LogP contribution in [0, 0.1) is 0 Å². The second-order valence-corrected chi connectivity index (χ2v) is 6.98. The van der Waals surface area contributed by atoms with Crippen LogP contribution in [0.4, 0.5) is 5.69 Å². The Morgan fingerprint density at radius 2 is 1.96 bits per heavy atom. The summed E-state index contributed by atoms with van der Waals surface area (Å²) in [4.78, 5) is 16.1. The molecule has 0 aliphatic carbocycles. The molecule has 2 heterocycles. The van der Waals surface area contributed by atoms with Crippen LogP contribution in [-0.4, -0.2) is 17.7 Å². The van der Waals surface area contributed by atoms with Gasteiger partial charge in [0, 0.05) is 33.9 Å². The Balaban J connectivity index is 1.64. The molecule has 0 saturated heterocycles. The summed E-state index contributed by atoms with van der Waals surface area (Å²) in [6.07, 6.45) is 1.86. The van der Waals surface area contributed by atoms with Crippen molar-refractivity contribution in [2.45, 2.75) is 19.3 Å². The van der Waals surface area contributed by atoms with Gasteiger partial charge in [-0.1, -0.05) is 11.6 Å². The third-order valence-corrected chi connectivity index (χ3v) is 4.75. The molecule has 2 aromatic carbocycles. The van der Waals surface area contributed by atoms with Gasteiger partial charge in [-0.25, -0.2) is 0 Å². The second-order valence-electron chi connectivity index (χ2n) is 6.54. The first-order valence-electron chi connectivity index (χ1n) is 7.93. The summed E-state index contributed by atoms with van der Waals surface area (Å²) in [6.45, 7) is 3.98. The topological polar surface area (TPSA) is 63.4 Å². The zero-order valence-electron chi connectivity index (χ0n) is 13.9. The molecule has 1 aliphatic rings. The van der Waals surface area contributed by atoms with Gasteiger partial charge in [0.25, 0.3) is 0 Å². The van der Waals surface area contributed by atoms with Crippen molar-refractivity contribution in [3.05, 3.63) is 53.2 Å². The number of carbonyl (C=O) groups excluding carboxylic acids is 1. The lowest BCUT2D eigenvalue weighted by Crippen LogP contribution is -2.34. The van der Waals surface area contributed by atoms with Gasteiger partial charge >= 0.3 is 0 Å². The Kier molecular flexibility index (Phi) is 3.62. The second kappa shape index (κ2) is 5.70. The molecule has 0 saturated carbocycles. The summed E-state index contributed by atoms with van der Waals surface area (Å²) in [5, 5.41) is 4.54. The summed E-state index contributed by atoms with van der Waals surface area (Å²) in [5.74, 6) is 1.20. The number of amides is 1. The number of fused-ring (bicyclic) bond motifs is 2. The number of nitrogens with one attached hydrogen (secondary N) is 2. The van der Waals surface area contributed by atoms with E-state index in [2.05, 4.69) is 10.3 Å². The lowest BCUT2D eigenvalue weighted by Gasteiger charge is -2.23. The minimum Gasteiger partial charge on any atom is -0.454 e. The van der Waals surface area contributed by atoms with E-state index in [9.17, 15) is 4.79 Å². The first kappa shape index (κ1) is 15.8. The number of ether oxygens (including phenoxy) is 2. The van der Waals surface area contributed by atoms with Crippen molar-refractivity contribution in [1.82, 2.24) is 4.98 Å². The van der Waals surface area contributed by atoms with Gasteiger partial charge in [-0.05, 0) is 49.7 Å². The maximum atomic E-state index is 12.9. The molecule has 2 N–H and O–H groups in total. The average molecular weight is 357 g/mol. The number of aromatic amines is 1. The molecule has 3 aromatic rings. The molecule has 5 nitrogen and oxygen atoms in total. The van der Waals surface area contributed by atoms with E-state index in [0.717, 1.165) is 16.5 Å². The van der Waals surface area contributed by atoms with Gasteiger partial charge in [-0.15, -0.1) is 0 Å². The van der Waals surface area contributed by atoms with Crippen LogP contribution in [0.3, 0.4) is 0 Å². The van der Waals surface area contributed by atoms with E-state index in [1.165, 1.54) is 0 Å². The average Bonchev–Trinajstić information content (AvgIpc) is 3.20. The Morgan fingerprint density at radius 1 is 1.16 bits per heavy atom. The third kappa shape index (κ3) is 2.70. The Labute approximate surface area is 149 Å². The molecule has 4 rings (SSSR count). The number of H-pyrrole nitrogens is 1. The highest BCUT2D eigenvalue weighted by atomic mass is 35.5. The fourth-order valence-corrected chi connectivity index (χ4v) is 3.17. The molecule has 1 amide bonds. The van der Waals surface area contributed by atoms with Gasteiger partial charge in [0.15, 0.2) is 11.5 Å². The Hall–Kier alpha value is -2.66. The lowest BCUT2D eigenvalue weighted by molar-refractivity contribution is -0.120. The van der Waals surface area contributed by atoms with E-state index in [0.29, 0.717) is 22.2 Å². The SMILES string of the molecule is CC(C)(C(=O)Nc1ccc2c(c1)OCO2)c1c[nH]c2ccc(Cl)cc12. The van der Waals surface area contributed by atoms with Crippen LogP contribution in [-0.2, 0) is 10.2 Å². The van der Waals surface area contributed by atoms with Crippen molar-refractivity contribution >= 4 is 34.1 Å². The monoisotopic (exact) mass is 356 g/mol. The minimum absolute atomic E-state index is 0.118. The smallest absolute Gasteiger partial charge is 0.234 e. The van der Waals surface area contributed by atoms with Gasteiger partial charge in [-0.3, -0.25) is 4.79 Å². The molecule has 6 heteroatoms. The normalized spacial score (nSPS) is 13.2. The van der Waals surface area contributed by atoms with Crippen molar-refractivity contribution in [2.24, 2.45) is 0 Å². The predicted molar refractivity (Wildman–Crippen MR) is 97.5 cm³/mol. The van der Waals surface area contributed by atoms with E-state index in [4.69, 9.17) is 21.1 Å². The van der Waals surface area contributed by atoms with Gasteiger partial charge < -0.3 is 19.8 Å². The van der Waals surface area contributed by atoms with Crippen molar-refractivity contribution in [2.75, 3.05) is 12.1 Å². The maximum absolute atomic E-state index is 12.9. The number of rotatable bonds is 3. The number of anilines is 1. The first-order chi connectivity index (χ1) is 11.9. The highest BCUT2D eigenvalue weighted by molar-refractivity contribution is 6.31. The molecule has 0 radical (unpaired) electrons. The van der Waals surface area contributed by atoms with Crippen molar-refractivity contribution in [3.8, 4) is 11.5 Å². The number of benzene rings is 2. The summed E-state index contributed by atoms with van der Waals surface area (Å²) in [5.41, 5.74) is 1.76. The van der Waals surface area contributed by atoms with Crippen LogP contribution in [0.5, 0.6) is 11.5 Å². The van der Waals surface area contributed by atoms with Gasteiger partial charge in [0.1, 0.15) is 0 Å². The molecule has 128 valence electrons. The number of hydrogen-bond acceptors (Lipinski definition) is 3. The zero-order valence-corrected chi connectivity index (χ0v) is 14.6. The number of hydrogen-bond donors (Lipinski definition) is 2. The van der Waals surface area contributed by atoms with Crippen molar-refractivity contribution in [3.63, 3.8) is 0 Å². The molecule has 0 atom stereocenters. The lowest BCUT2D eigenvalue weighted by atomic mass is 9.83. The summed E-state index contributed by atoms with van der Waals surface area (Å²) < 4.78 is 10.6. The third-order valence-electron chi connectivity index (χ3n) is 4.52. The number of halogens is 1. The van der Waals surface area contributed by atoms with Crippen molar-refractivity contribution in [1.29, 1.82) is 0 Å². The highest BCUT2D eigenvalue weighted by Crippen LogP contribution is 2.36. The van der Waals surface area contributed by atoms with Crippen LogP contribution in [0.2, 0.25) is 5.02 Å². The summed E-state index contributed by atoms with van der Waals surface area (Å²) in [6, 6.07) is 11.0. The summed E-state index contributed by atoms with van der Waals surface area (Å²) in [7, 11) is 0. The zero-order chi connectivity index (χ0) is 17.6. The highest BCUT2D eigenvalue weighted by Gasteiger charge is 2.32. The fourth-order valence-electron chi connectivity index (χ4n) is 2.99. The largest absolute Gasteiger partial charge is 0.454 e. The molecule has 0 bridgehead atoms. The van der Waals surface area contributed by atoms with Crippen molar-refractivity contribution < 1.29 is 14.3 Å². The molecule has 0 spiro atoms. The minimum atomic E-state index is -0.751. The van der Waals surface area contributed by atoms with Gasteiger partial charge in [0.05, 0.1) is 5.41 Å². The quantitative estimate of drug-likeness (QED) is 0.728. The maximum Gasteiger partial charge on any atom is 0.234 e. The molecule has 25 heavy (non-hydrogen) atoms.